The molecule has 0 spiro atoms. The van der Waals surface area contributed by atoms with Crippen LogP contribution in [0.5, 0.6) is 0 Å². The van der Waals surface area contributed by atoms with E-state index < -0.39 is 0 Å². The second-order valence-corrected chi connectivity index (χ2v) is 0.894. The molecule has 0 aliphatic carbocycles. The minimum Gasteiger partial charge on any atom is -1.00 e. The Labute approximate surface area is 93.7 Å². The van der Waals surface area contributed by atoms with E-state index in [4.69, 9.17) is 21.0 Å². The van der Waals surface area contributed by atoms with Gasteiger partial charge in [-0.3, -0.25) is 0 Å². The fourth-order valence-corrected chi connectivity index (χ4v) is 0. The molecule has 0 aromatic carbocycles. The Balaban J connectivity index is -0.0000000145. The molecule has 0 amide bonds. The fraction of sp³-hybridized carbons (Fsp3) is 0.500. The second-order valence-electron chi connectivity index (χ2n) is 0.894. The maximum atomic E-state index is 7.32. The first-order valence-corrected chi connectivity index (χ1v) is 2.89. The van der Waals surface area contributed by atoms with Crippen LogP contribution in [0.25, 0.3) is 0 Å². The number of nitriles is 4. The van der Waals surface area contributed by atoms with Crippen molar-refractivity contribution in [3.63, 3.8) is 0 Å². The molecule has 0 bridgehead atoms. The average molecular weight is 172 g/mol. The molecule has 0 aromatic heterocycles. The summed E-state index contributed by atoms with van der Waals surface area (Å²) in [6, 6.07) is 7.00. The van der Waals surface area contributed by atoms with Crippen LogP contribution >= 0.6 is 0 Å². The molecule has 5 heteroatoms. The second kappa shape index (κ2) is 147. The van der Waals surface area contributed by atoms with Crippen LogP contribution < -0.4 is 18.9 Å². The zero-order valence-corrected chi connectivity index (χ0v) is 8.79. The van der Waals surface area contributed by atoms with Crippen molar-refractivity contribution in [1.82, 2.24) is 0 Å². The van der Waals surface area contributed by atoms with Crippen molar-refractivity contribution in [3.05, 3.63) is 0 Å². The third-order valence-electron chi connectivity index (χ3n) is 0. The Morgan fingerprint density at radius 1 is 0.615 bits per heavy atom. The molecule has 4 nitrogen and oxygen atoms in total. The quantitative estimate of drug-likeness (QED) is 0.448. The van der Waals surface area contributed by atoms with Gasteiger partial charge in [-0.2, -0.15) is 21.0 Å². The molecule has 0 heterocycles. The Morgan fingerprint density at radius 3 is 0.615 bits per heavy atom. The normalized spacial score (nSPS) is 2.46. The van der Waals surface area contributed by atoms with Gasteiger partial charge in [0.15, 0.2) is 0 Å². The molecule has 0 aliphatic heterocycles. The number of hydrogen-bond acceptors (Lipinski definition) is 4. The topological polar surface area (TPSA) is 95.2 Å². The van der Waals surface area contributed by atoms with E-state index in [0.29, 0.717) is 0 Å². The largest absolute Gasteiger partial charge is 1.00 e. The van der Waals surface area contributed by atoms with E-state index in [1.54, 1.807) is 24.3 Å². The predicted octanol–water partition coefficient (Wildman–Crippen LogP) is -0.764. The zero-order chi connectivity index (χ0) is 10.8. The van der Waals surface area contributed by atoms with Gasteiger partial charge in [0.25, 0.3) is 0 Å². The first-order chi connectivity index (χ1) is 5.66. The molecule has 0 atom stereocenters. The van der Waals surface area contributed by atoms with E-state index in [1.165, 1.54) is 27.7 Å². The summed E-state index contributed by atoms with van der Waals surface area (Å²) in [5.41, 5.74) is 0. The molecule has 0 saturated heterocycles. The summed E-state index contributed by atoms with van der Waals surface area (Å²) < 4.78 is 0. The Kier molecular flexibility index (Phi) is 340. The summed E-state index contributed by atoms with van der Waals surface area (Å²) in [4.78, 5) is 0. The van der Waals surface area contributed by atoms with E-state index in [-0.39, 0.29) is 20.3 Å². The molecular formula is C8H13LiN4. The van der Waals surface area contributed by atoms with Gasteiger partial charge in [0, 0.05) is 27.7 Å². The molecule has 0 saturated carbocycles. The van der Waals surface area contributed by atoms with Gasteiger partial charge in [-0.25, -0.2) is 0 Å². The number of rotatable bonds is 0. The van der Waals surface area contributed by atoms with Crippen molar-refractivity contribution in [1.29, 1.82) is 21.0 Å². The molecular weight excluding hydrogens is 159 g/mol. The van der Waals surface area contributed by atoms with Crippen LogP contribution in [-0.4, -0.2) is 0 Å². The van der Waals surface area contributed by atoms with Gasteiger partial charge in [-0.1, -0.05) is 0 Å². The Hall–Kier alpha value is -1.44. The number of hydrogen-bond donors (Lipinski definition) is 0. The van der Waals surface area contributed by atoms with Crippen molar-refractivity contribution >= 4 is 0 Å². The van der Waals surface area contributed by atoms with Crippen LogP contribution in [0.1, 0.15) is 29.1 Å². The maximum Gasteiger partial charge on any atom is 1.00 e. The molecule has 0 aromatic rings. The Morgan fingerprint density at radius 2 is 0.615 bits per heavy atom. The first-order valence-electron chi connectivity index (χ1n) is 2.89. The van der Waals surface area contributed by atoms with E-state index >= 15 is 0 Å². The summed E-state index contributed by atoms with van der Waals surface area (Å²) >= 11 is 0. The number of nitrogens with zero attached hydrogens (tertiary/aromatic N) is 4. The third kappa shape index (κ3) is 371. The molecule has 13 heavy (non-hydrogen) atoms. The summed E-state index contributed by atoms with van der Waals surface area (Å²) in [5.74, 6) is 0. The molecule has 66 valence electrons. The molecule has 0 N–H and O–H groups in total. The Bertz CT molecular complexity index is 155. The van der Waals surface area contributed by atoms with Crippen molar-refractivity contribution in [2.45, 2.75) is 27.7 Å². The van der Waals surface area contributed by atoms with E-state index in [0.717, 1.165) is 0 Å². The van der Waals surface area contributed by atoms with E-state index in [9.17, 15) is 0 Å². The van der Waals surface area contributed by atoms with Gasteiger partial charge in [0.1, 0.15) is 0 Å². The van der Waals surface area contributed by atoms with Gasteiger partial charge in [-0.15, -0.1) is 0 Å². The first kappa shape index (κ1) is 30.0. The average Bonchev–Trinajstić information content (AvgIpc) is 1.92. The van der Waals surface area contributed by atoms with Crippen LogP contribution in [-0.2, 0) is 0 Å². The van der Waals surface area contributed by atoms with Crippen molar-refractivity contribution in [2.24, 2.45) is 0 Å². The fourth-order valence-electron chi connectivity index (χ4n) is 0. The van der Waals surface area contributed by atoms with Crippen molar-refractivity contribution < 1.29 is 20.3 Å². The molecule has 0 unspecified atom stereocenters. The minimum absolute atomic E-state index is 0. The molecule has 0 fully saturated rings. The van der Waals surface area contributed by atoms with E-state index in [1.807, 2.05) is 0 Å². The smallest absolute Gasteiger partial charge is 1.00 e. The van der Waals surface area contributed by atoms with Crippen molar-refractivity contribution in [2.75, 3.05) is 0 Å². The van der Waals surface area contributed by atoms with Crippen molar-refractivity contribution in [3.8, 4) is 24.3 Å². The van der Waals surface area contributed by atoms with Crippen LogP contribution in [0.4, 0.5) is 0 Å². The van der Waals surface area contributed by atoms with Gasteiger partial charge < -0.3 is 1.43 Å². The van der Waals surface area contributed by atoms with Gasteiger partial charge in [0.2, 0.25) is 0 Å². The monoisotopic (exact) mass is 172 g/mol. The zero-order valence-electron chi connectivity index (χ0n) is 9.79. The predicted molar refractivity (Wildman–Crippen MR) is 46.3 cm³/mol. The minimum atomic E-state index is 0. The molecule has 0 rings (SSSR count). The summed E-state index contributed by atoms with van der Waals surface area (Å²) in [6.45, 7) is 5.72. The van der Waals surface area contributed by atoms with Crippen LogP contribution in [0, 0.1) is 45.3 Å². The summed E-state index contributed by atoms with van der Waals surface area (Å²) in [6.07, 6.45) is 0. The third-order valence-corrected chi connectivity index (χ3v) is 0. The van der Waals surface area contributed by atoms with Crippen LogP contribution in [0.15, 0.2) is 0 Å². The maximum absolute atomic E-state index is 7.32. The summed E-state index contributed by atoms with van der Waals surface area (Å²) in [5, 5.41) is 29.3. The SMILES string of the molecule is CC#N.CC#N.CC#N.CC#N.[H-].[Li+]. The standard InChI is InChI=1S/4C2H3N.Li.H/c4*1-2-3;;/h4*1H3;;/q;;;;+1;-1. The van der Waals surface area contributed by atoms with Crippen LogP contribution in [0.2, 0.25) is 0 Å². The van der Waals surface area contributed by atoms with Gasteiger partial charge >= 0.3 is 18.9 Å². The summed E-state index contributed by atoms with van der Waals surface area (Å²) in [7, 11) is 0. The van der Waals surface area contributed by atoms with Gasteiger partial charge in [-0.05, 0) is 0 Å². The molecule has 0 radical (unpaired) electrons. The van der Waals surface area contributed by atoms with Crippen LogP contribution in [0.3, 0.4) is 0 Å². The van der Waals surface area contributed by atoms with E-state index in [2.05, 4.69) is 0 Å². The van der Waals surface area contributed by atoms with Gasteiger partial charge in [0.05, 0.1) is 24.3 Å². The molecule has 0 aliphatic rings.